The number of hydrogen-bond donors (Lipinski definition) is 0. The highest BCUT2D eigenvalue weighted by Crippen LogP contribution is 2.31. The first-order chi connectivity index (χ1) is 14.6. The summed E-state index contributed by atoms with van der Waals surface area (Å²) in [6, 6.07) is 15.5. The number of ether oxygens (including phenoxy) is 1. The summed E-state index contributed by atoms with van der Waals surface area (Å²) in [6.07, 6.45) is -0.112. The zero-order chi connectivity index (χ0) is 20.7. The van der Waals surface area contributed by atoms with E-state index in [1.165, 1.54) is 0 Å². The Bertz CT molecular complexity index is 1180. The van der Waals surface area contributed by atoms with Crippen molar-refractivity contribution in [2.24, 2.45) is 0 Å². The maximum Gasteiger partial charge on any atom is 0.258 e. The fourth-order valence-corrected chi connectivity index (χ4v) is 3.54. The van der Waals surface area contributed by atoms with Crippen LogP contribution in [0.5, 0.6) is 0 Å². The van der Waals surface area contributed by atoms with E-state index in [1.807, 2.05) is 72.2 Å². The van der Waals surface area contributed by atoms with Crippen LogP contribution in [0.2, 0.25) is 5.02 Å². The molecule has 0 fully saturated rings. The molecular weight excluding hydrogens is 404 g/mol. The van der Waals surface area contributed by atoms with Crippen LogP contribution in [0.15, 0.2) is 53.1 Å². The Labute approximate surface area is 178 Å². The van der Waals surface area contributed by atoms with Crippen molar-refractivity contribution >= 4 is 17.3 Å². The fourth-order valence-electron chi connectivity index (χ4n) is 3.42. The second kappa shape index (κ2) is 7.55. The van der Waals surface area contributed by atoms with Crippen molar-refractivity contribution in [3.05, 3.63) is 64.8 Å². The molecule has 0 unspecified atom stereocenters. The van der Waals surface area contributed by atoms with Gasteiger partial charge >= 0.3 is 0 Å². The summed E-state index contributed by atoms with van der Waals surface area (Å²) in [5.74, 6) is 0.835. The van der Waals surface area contributed by atoms with E-state index in [2.05, 4.69) is 20.5 Å². The lowest BCUT2D eigenvalue weighted by atomic mass is 10.1. The molecule has 1 aliphatic heterocycles. The topological polar surface area (TPSA) is 82.1 Å². The van der Waals surface area contributed by atoms with Crippen molar-refractivity contribution in [1.82, 2.24) is 25.1 Å². The number of hydrogen-bond acceptors (Lipinski definition) is 7. The average Bonchev–Trinajstić information content (AvgIpc) is 3.41. The third kappa shape index (κ3) is 3.44. The van der Waals surface area contributed by atoms with Crippen molar-refractivity contribution in [3.63, 3.8) is 0 Å². The van der Waals surface area contributed by atoms with Gasteiger partial charge in [-0.2, -0.15) is 4.98 Å². The molecule has 152 valence electrons. The SMILES string of the molecule is CN(C)c1cccc(-c2nc(-c3nnn4c3CO[C@H](c3ccc(Cl)cc3)C4)no2)c1. The van der Waals surface area contributed by atoms with Crippen LogP contribution in [0.4, 0.5) is 5.69 Å². The van der Waals surface area contributed by atoms with Gasteiger partial charge in [-0.15, -0.1) is 5.10 Å². The summed E-state index contributed by atoms with van der Waals surface area (Å²) >= 11 is 5.98. The van der Waals surface area contributed by atoms with Crippen molar-refractivity contribution in [3.8, 4) is 23.0 Å². The number of aromatic nitrogens is 5. The number of nitrogens with zero attached hydrogens (tertiary/aromatic N) is 6. The molecule has 1 aliphatic rings. The quantitative estimate of drug-likeness (QED) is 0.491. The summed E-state index contributed by atoms with van der Waals surface area (Å²) < 4.78 is 13.4. The Morgan fingerprint density at radius 2 is 1.97 bits per heavy atom. The third-order valence-electron chi connectivity index (χ3n) is 5.09. The van der Waals surface area contributed by atoms with E-state index >= 15 is 0 Å². The molecule has 8 nitrogen and oxygen atoms in total. The van der Waals surface area contributed by atoms with Gasteiger partial charge in [-0.3, -0.25) is 0 Å². The molecule has 5 rings (SSSR count). The highest BCUT2D eigenvalue weighted by molar-refractivity contribution is 6.30. The minimum absolute atomic E-state index is 0.112. The Kier molecular flexibility index (Phi) is 4.72. The first kappa shape index (κ1) is 18.8. The molecule has 0 spiro atoms. The molecule has 2 aromatic heterocycles. The van der Waals surface area contributed by atoms with E-state index in [1.54, 1.807) is 0 Å². The molecule has 1 atom stereocenters. The van der Waals surface area contributed by atoms with E-state index in [9.17, 15) is 0 Å². The third-order valence-corrected chi connectivity index (χ3v) is 5.34. The zero-order valence-corrected chi connectivity index (χ0v) is 17.2. The smallest absolute Gasteiger partial charge is 0.258 e. The van der Waals surface area contributed by atoms with Crippen LogP contribution in [0.1, 0.15) is 17.4 Å². The summed E-state index contributed by atoms with van der Waals surface area (Å²) in [7, 11) is 3.97. The summed E-state index contributed by atoms with van der Waals surface area (Å²) in [4.78, 5) is 6.55. The van der Waals surface area contributed by atoms with E-state index in [-0.39, 0.29) is 6.10 Å². The second-order valence-electron chi connectivity index (χ2n) is 7.29. The molecule has 9 heteroatoms. The standard InChI is InChI=1S/C21H19ClN6O2/c1-27(2)16-5-3-4-14(10-16)21-23-20(25-30-21)19-17-12-29-18(11-28(17)26-24-19)13-6-8-15(22)9-7-13/h3-10,18H,11-12H2,1-2H3/t18-/m0/s1. The van der Waals surface area contributed by atoms with Gasteiger partial charge in [0.05, 0.1) is 18.8 Å². The summed E-state index contributed by atoms with van der Waals surface area (Å²) in [5.41, 5.74) is 4.35. The first-order valence-corrected chi connectivity index (χ1v) is 9.87. The lowest BCUT2D eigenvalue weighted by Gasteiger charge is -2.24. The van der Waals surface area contributed by atoms with Crippen LogP contribution in [0, 0.1) is 0 Å². The second-order valence-corrected chi connectivity index (χ2v) is 7.72. The number of fused-ring (bicyclic) bond motifs is 1. The molecular formula is C21H19ClN6O2. The monoisotopic (exact) mass is 422 g/mol. The molecule has 2 aromatic carbocycles. The molecule has 0 saturated carbocycles. The number of halogens is 1. The minimum atomic E-state index is -0.112. The zero-order valence-electron chi connectivity index (χ0n) is 16.5. The molecule has 4 aromatic rings. The largest absolute Gasteiger partial charge is 0.378 e. The molecule has 0 aliphatic carbocycles. The van der Waals surface area contributed by atoms with Gasteiger partial charge in [-0.1, -0.05) is 40.2 Å². The van der Waals surface area contributed by atoms with Crippen LogP contribution in [0.25, 0.3) is 23.0 Å². The maximum atomic E-state index is 6.05. The van der Waals surface area contributed by atoms with E-state index in [0.717, 1.165) is 22.5 Å². The Balaban J connectivity index is 1.40. The van der Waals surface area contributed by atoms with Gasteiger partial charge in [0.25, 0.3) is 5.89 Å². The highest BCUT2D eigenvalue weighted by atomic mass is 35.5. The normalized spacial score (nSPS) is 15.8. The Morgan fingerprint density at radius 1 is 1.13 bits per heavy atom. The van der Waals surface area contributed by atoms with E-state index < -0.39 is 0 Å². The van der Waals surface area contributed by atoms with Gasteiger partial charge < -0.3 is 14.2 Å². The van der Waals surface area contributed by atoms with E-state index in [4.69, 9.17) is 20.9 Å². The van der Waals surface area contributed by atoms with E-state index in [0.29, 0.717) is 35.6 Å². The maximum absolute atomic E-state index is 6.05. The molecule has 0 N–H and O–H groups in total. The molecule has 0 bridgehead atoms. The number of benzene rings is 2. The van der Waals surface area contributed by atoms with Crippen LogP contribution in [-0.4, -0.2) is 39.2 Å². The van der Waals surface area contributed by atoms with Gasteiger partial charge in [0.15, 0.2) is 5.69 Å². The van der Waals surface area contributed by atoms with Crippen molar-refractivity contribution in [2.75, 3.05) is 19.0 Å². The Morgan fingerprint density at radius 3 is 2.77 bits per heavy atom. The molecule has 3 heterocycles. The summed E-state index contributed by atoms with van der Waals surface area (Å²) in [6.45, 7) is 0.912. The van der Waals surface area contributed by atoms with Gasteiger partial charge in [-0.05, 0) is 35.9 Å². The van der Waals surface area contributed by atoms with Crippen molar-refractivity contribution < 1.29 is 9.26 Å². The van der Waals surface area contributed by atoms with Gasteiger partial charge in [0, 0.05) is 30.4 Å². The Hall–Kier alpha value is -3.23. The molecule has 0 radical (unpaired) electrons. The predicted molar refractivity (Wildman–Crippen MR) is 112 cm³/mol. The van der Waals surface area contributed by atoms with Crippen molar-refractivity contribution in [1.29, 1.82) is 0 Å². The number of rotatable bonds is 4. The lowest BCUT2D eigenvalue weighted by Crippen LogP contribution is -2.22. The van der Waals surface area contributed by atoms with Crippen LogP contribution in [0.3, 0.4) is 0 Å². The highest BCUT2D eigenvalue weighted by Gasteiger charge is 2.27. The first-order valence-electron chi connectivity index (χ1n) is 9.50. The molecule has 30 heavy (non-hydrogen) atoms. The van der Waals surface area contributed by atoms with Crippen LogP contribution < -0.4 is 4.90 Å². The number of anilines is 1. The van der Waals surface area contributed by atoms with Crippen LogP contribution in [-0.2, 0) is 17.9 Å². The van der Waals surface area contributed by atoms with Gasteiger partial charge in [0.2, 0.25) is 5.82 Å². The van der Waals surface area contributed by atoms with Gasteiger partial charge in [0.1, 0.15) is 6.10 Å². The van der Waals surface area contributed by atoms with Crippen LogP contribution >= 0.6 is 11.6 Å². The fraction of sp³-hybridized carbons (Fsp3) is 0.238. The predicted octanol–water partition coefficient (Wildman–Crippen LogP) is 3.99. The minimum Gasteiger partial charge on any atom is -0.378 e. The van der Waals surface area contributed by atoms with Gasteiger partial charge in [-0.25, -0.2) is 4.68 Å². The van der Waals surface area contributed by atoms with Crippen molar-refractivity contribution in [2.45, 2.75) is 19.3 Å². The average molecular weight is 423 g/mol. The summed E-state index contributed by atoms with van der Waals surface area (Å²) in [5, 5.41) is 13.4. The molecule has 0 amide bonds. The lowest BCUT2D eigenvalue weighted by molar-refractivity contribution is -0.00111. The molecule has 0 saturated heterocycles.